The molecule has 116 valence electrons. The van der Waals surface area contributed by atoms with Gasteiger partial charge in [-0.25, -0.2) is 0 Å². The molecular weight excluding hydrogens is 278 g/mol. The second-order valence-corrected chi connectivity index (χ2v) is 5.28. The molecule has 2 aromatic carbocycles. The summed E-state index contributed by atoms with van der Waals surface area (Å²) in [4.78, 5) is 0. The van der Waals surface area contributed by atoms with Gasteiger partial charge < -0.3 is 19.5 Å². The lowest BCUT2D eigenvalue weighted by molar-refractivity contribution is 0.297. The standard InChI is InChI=1S/C18H21NO3/c1-20-16-6-3-14(4-7-16)12-19-13-15-5-8-17-18(11-15)22-10-2-9-21-17/h3-8,11,19H,2,9-10,12-13H2,1H3. The number of methoxy groups -OCH3 is 1. The Balaban J connectivity index is 1.55. The maximum Gasteiger partial charge on any atom is 0.161 e. The first-order chi connectivity index (χ1) is 10.8. The van der Waals surface area contributed by atoms with Crippen molar-refractivity contribution in [2.24, 2.45) is 0 Å². The summed E-state index contributed by atoms with van der Waals surface area (Å²) in [6.45, 7) is 3.05. The van der Waals surface area contributed by atoms with Crippen LogP contribution in [0.1, 0.15) is 17.5 Å². The third-order valence-electron chi connectivity index (χ3n) is 3.63. The molecule has 0 unspecified atom stereocenters. The number of benzene rings is 2. The summed E-state index contributed by atoms with van der Waals surface area (Å²) in [5.41, 5.74) is 2.42. The van der Waals surface area contributed by atoms with E-state index in [-0.39, 0.29) is 0 Å². The van der Waals surface area contributed by atoms with E-state index in [1.165, 1.54) is 11.1 Å². The van der Waals surface area contributed by atoms with Crippen molar-refractivity contribution < 1.29 is 14.2 Å². The number of rotatable bonds is 5. The highest BCUT2D eigenvalue weighted by Crippen LogP contribution is 2.30. The second kappa shape index (κ2) is 7.18. The van der Waals surface area contributed by atoms with Gasteiger partial charge in [-0.05, 0) is 35.4 Å². The number of ether oxygens (including phenoxy) is 3. The molecular formula is C18H21NO3. The van der Waals surface area contributed by atoms with E-state index < -0.39 is 0 Å². The average molecular weight is 299 g/mol. The molecule has 0 bridgehead atoms. The van der Waals surface area contributed by atoms with Gasteiger partial charge in [-0.15, -0.1) is 0 Å². The zero-order valence-electron chi connectivity index (χ0n) is 12.8. The molecule has 1 aliphatic heterocycles. The normalized spacial score (nSPS) is 13.5. The maximum absolute atomic E-state index is 5.71. The van der Waals surface area contributed by atoms with E-state index in [1.54, 1.807) is 7.11 Å². The van der Waals surface area contributed by atoms with E-state index in [0.29, 0.717) is 0 Å². The van der Waals surface area contributed by atoms with Gasteiger partial charge in [0, 0.05) is 19.5 Å². The highest BCUT2D eigenvalue weighted by molar-refractivity contribution is 5.43. The molecule has 4 heteroatoms. The lowest BCUT2D eigenvalue weighted by atomic mass is 10.2. The maximum atomic E-state index is 5.71. The topological polar surface area (TPSA) is 39.7 Å². The summed E-state index contributed by atoms with van der Waals surface area (Å²) in [6, 6.07) is 14.2. The van der Waals surface area contributed by atoms with Crippen molar-refractivity contribution in [3.63, 3.8) is 0 Å². The highest BCUT2D eigenvalue weighted by Gasteiger charge is 2.10. The van der Waals surface area contributed by atoms with Gasteiger partial charge in [0.05, 0.1) is 20.3 Å². The van der Waals surface area contributed by atoms with Gasteiger partial charge in [0.15, 0.2) is 11.5 Å². The molecule has 22 heavy (non-hydrogen) atoms. The van der Waals surface area contributed by atoms with Crippen molar-refractivity contribution in [2.45, 2.75) is 19.5 Å². The monoisotopic (exact) mass is 299 g/mol. The molecule has 2 aromatic rings. The van der Waals surface area contributed by atoms with Crippen molar-refractivity contribution in [3.8, 4) is 17.2 Å². The molecule has 0 aromatic heterocycles. The van der Waals surface area contributed by atoms with Gasteiger partial charge in [-0.1, -0.05) is 18.2 Å². The molecule has 0 fully saturated rings. The Labute approximate surface area is 131 Å². The third-order valence-corrected chi connectivity index (χ3v) is 3.63. The Morgan fingerprint density at radius 3 is 2.36 bits per heavy atom. The van der Waals surface area contributed by atoms with Gasteiger partial charge in [-0.3, -0.25) is 0 Å². The quantitative estimate of drug-likeness (QED) is 0.920. The van der Waals surface area contributed by atoms with Gasteiger partial charge >= 0.3 is 0 Å². The number of nitrogens with one attached hydrogen (secondary N) is 1. The van der Waals surface area contributed by atoms with Crippen LogP contribution in [0, 0.1) is 0 Å². The van der Waals surface area contributed by atoms with Crippen molar-refractivity contribution in [2.75, 3.05) is 20.3 Å². The zero-order valence-corrected chi connectivity index (χ0v) is 12.8. The van der Waals surface area contributed by atoms with Gasteiger partial charge in [0.25, 0.3) is 0 Å². The van der Waals surface area contributed by atoms with Crippen LogP contribution in [0.5, 0.6) is 17.2 Å². The van der Waals surface area contributed by atoms with Crippen LogP contribution in [0.4, 0.5) is 0 Å². The molecule has 1 aliphatic rings. The summed E-state index contributed by atoms with van der Waals surface area (Å²) < 4.78 is 16.5. The minimum Gasteiger partial charge on any atom is -0.497 e. The highest BCUT2D eigenvalue weighted by atomic mass is 16.5. The Hall–Kier alpha value is -2.20. The molecule has 0 radical (unpaired) electrons. The molecule has 0 saturated heterocycles. The van der Waals surface area contributed by atoms with E-state index >= 15 is 0 Å². The molecule has 0 aliphatic carbocycles. The summed E-state index contributed by atoms with van der Waals surface area (Å²) in [7, 11) is 1.68. The predicted molar refractivity (Wildman–Crippen MR) is 85.6 cm³/mol. The van der Waals surface area contributed by atoms with Crippen LogP contribution in [-0.4, -0.2) is 20.3 Å². The summed E-state index contributed by atoms with van der Waals surface area (Å²) in [5, 5.41) is 3.44. The van der Waals surface area contributed by atoms with E-state index in [0.717, 1.165) is 50.0 Å². The van der Waals surface area contributed by atoms with Gasteiger partial charge in [0.1, 0.15) is 5.75 Å². The van der Waals surface area contributed by atoms with E-state index in [9.17, 15) is 0 Å². The summed E-state index contributed by atoms with van der Waals surface area (Å²) in [6.07, 6.45) is 0.930. The fraction of sp³-hybridized carbons (Fsp3) is 0.333. The largest absolute Gasteiger partial charge is 0.497 e. The van der Waals surface area contributed by atoms with E-state index in [1.807, 2.05) is 18.2 Å². The molecule has 0 amide bonds. The average Bonchev–Trinajstić information content (AvgIpc) is 2.80. The fourth-order valence-electron chi connectivity index (χ4n) is 2.41. The summed E-state index contributed by atoms with van der Waals surface area (Å²) >= 11 is 0. The van der Waals surface area contributed by atoms with Crippen LogP contribution in [0.15, 0.2) is 42.5 Å². The van der Waals surface area contributed by atoms with Crippen LogP contribution in [-0.2, 0) is 13.1 Å². The van der Waals surface area contributed by atoms with Gasteiger partial charge in [0.2, 0.25) is 0 Å². The van der Waals surface area contributed by atoms with Crippen molar-refractivity contribution in [1.29, 1.82) is 0 Å². The molecule has 0 atom stereocenters. The molecule has 0 saturated carbocycles. The first-order valence-electron chi connectivity index (χ1n) is 7.57. The molecule has 0 spiro atoms. The Kier molecular flexibility index (Phi) is 4.81. The third kappa shape index (κ3) is 3.71. The van der Waals surface area contributed by atoms with Crippen LogP contribution in [0.3, 0.4) is 0 Å². The van der Waals surface area contributed by atoms with Crippen LogP contribution in [0.25, 0.3) is 0 Å². The zero-order chi connectivity index (χ0) is 15.2. The minimum absolute atomic E-state index is 0.718. The fourth-order valence-corrected chi connectivity index (χ4v) is 2.41. The molecule has 4 nitrogen and oxygen atoms in total. The first-order valence-corrected chi connectivity index (χ1v) is 7.57. The van der Waals surface area contributed by atoms with Crippen molar-refractivity contribution in [1.82, 2.24) is 5.32 Å². The minimum atomic E-state index is 0.718. The lowest BCUT2D eigenvalue weighted by Gasteiger charge is -2.10. The SMILES string of the molecule is COc1ccc(CNCc2ccc3c(c2)OCCCO3)cc1. The number of hydrogen-bond acceptors (Lipinski definition) is 4. The Bertz CT molecular complexity index is 610. The lowest BCUT2D eigenvalue weighted by Crippen LogP contribution is -2.12. The van der Waals surface area contributed by atoms with E-state index in [4.69, 9.17) is 14.2 Å². The van der Waals surface area contributed by atoms with Crippen LogP contribution >= 0.6 is 0 Å². The molecule has 3 rings (SSSR count). The van der Waals surface area contributed by atoms with E-state index in [2.05, 4.69) is 29.6 Å². The number of hydrogen-bond donors (Lipinski definition) is 1. The second-order valence-electron chi connectivity index (χ2n) is 5.28. The van der Waals surface area contributed by atoms with Crippen LogP contribution < -0.4 is 19.5 Å². The molecule has 1 N–H and O–H groups in total. The molecule has 1 heterocycles. The number of fused-ring (bicyclic) bond motifs is 1. The Morgan fingerprint density at radius 1 is 0.909 bits per heavy atom. The predicted octanol–water partition coefficient (Wildman–Crippen LogP) is 3.15. The van der Waals surface area contributed by atoms with Gasteiger partial charge in [-0.2, -0.15) is 0 Å². The van der Waals surface area contributed by atoms with Crippen molar-refractivity contribution in [3.05, 3.63) is 53.6 Å². The smallest absolute Gasteiger partial charge is 0.161 e. The van der Waals surface area contributed by atoms with Crippen molar-refractivity contribution >= 4 is 0 Å². The first kappa shape index (κ1) is 14.7. The van der Waals surface area contributed by atoms with Crippen LogP contribution in [0.2, 0.25) is 0 Å². The Morgan fingerprint density at radius 2 is 1.59 bits per heavy atom. The summed E-state index contributed by atoms with van der Waals surface area (Å²) in [5.74, 6) is 2.57.